The van der Waals surface area contributed by atoms with E-state index in [2.05, 4.69) is 0 Å². The summed E-state index contributed by atoms with van der Waals surface area (Å²) in [6, 6.07) is 3.01. The highest BCUT2D eigenvalue weighted by Crippen LogP contribution is 2.18. The first-order valence-corrected chi connectivity index (χ1v) is 7.10. The van der Waals surface area contributed by atoms with Crippen LogP contribution in [-0.4, -0.2) is 53.8 Å². The molecule has 23 heavy (non-hydrogen) atoms. The van der Waals surface area contributed by atoms with Crippen LogP contribution < -0.4 is 4.74 Å². The number of carbonyl (C=O) groups excluding carboxylic acids is 1. The maximum absolute atomic E-state index is 13.1. The van der Waals surface area contributed by atoms with Crippen molar-refractivity contribution in [1.29, 1.82) is 0 Å². The zero-order valence-corrected chi connectivity index (χ0v) is 12.5. The van der Waals surface area contributed by atoms with Crippen molar-refractivity contribution < 1.29 is 33.0 Å². The minimum absolute atomic E-state index is 0.0418. The zero-order valence-electron chi connectivity index (χ0n) is 12.5. The summed E-state index contributed by atoms with van der Waals surface area (Å²) in [4.78, 5) is 24.5. The SMILES string of the molecule is CC(Oc1ccc(F)c(F)c1)C(=O)N1CCOC(CC(=O)O)C1. The van der Waals surface area contributed by atoms with E-state index in [4.69, 9.17) is 14.6 Å². The van der Waals surface area contributed by atoms with E-state index in [0.29, 0.717) is 6.54 Å². The molecule has 1 saturated heterocycles. The molecule has 2 unspecified atom stereocenters. The Labute approximate surface area is 131 Å². The molecule has 2 atom stereocenters. The van der Waals surface area contributed by atoms with Crippen molar-refractivity contribution in [2.24, 2.45) is 0 Å². The second-order valence-electron chi connectivity index (χ2n) is 5.21. The Morgan fingerprint density at radius 2 is 2.17 bits per heavy atom. The van der Waals surface area contributed by atoms with Crippen LogP contribution in [0.4, 0.5) is 8.78 Å². The molecule has 0 aromatic heterocycles. The minimum atomic E-state index is -1.06. The van der Waals surface area contributed by atoms with Gasteiger partial charge in [0.2, 0.25) is 0 Å². The number of hydrogen-bond donors (Lipinski definition) is 1. The second kappa shape index (κ2) is 7.36. The van der Waals surface area contributed by atoms with Gasteiger partial charge in [0.1, 0.15) is 5.75 Å². The number of hydrogen-bond acceptors (Lipinski definition) is 4. The molecule has 0 spiro atoms. The Kier molecular flexibility index (Phi) is 5.49. The highest BCUT2D eigenvalue weighted by Gasteiger charge is 2.29. The monoisotopic (exact) mass is 329 g/mol. The average molecular weight is 329 g/mol. The molecule has 1 aliphatic rings. The predicted molar refractivity (Wildman–Crippen MR) is 75.0 cm³/mol. The van der Waals surface area contributed by atoms with E-state index in [1.165, 1.54) is 17.9 Å². The standard InChI is InChI=1S/C15H17F2NO5/c1-9(23-10-2-3-12(16)13(17)6-10)15(21)18-4-5-22-11(8-18)7-14(19)20/h2-3,6,9,11H,4-5,7-8H2,1H3,(H,19,20). The fourth-order valence-electron chi connectivity index (χ4n) is 2.30. The number of morpholine rings is 1. The molecule has 1 aliphatic heterocycles. The van der Waals surface area contributed by atoms with E-state index in [9.17, 15) is 18.4 Å². The van der Waals surface area contributed by atoms with Crippen LogP contribution in [-0.2, 0) is 14.3 Å². The van der Waals surface area contributed by atoms with Crippen LogP contribution in [0.3, 0.4) is 0 Å². The lowest BCUT2D eigenvalue weighted by molar-refractivity contribution is -0.151. The number of carbonyl (C=O) groups is 2. The van der Waals surface area contributed by atoms with Crippen LogP contribution >= 0.6 is 0 Å². The molecule has 1 aromatic carbocycles. The summed E-state index contributed by atoms with van der Waals surface area (Å²) in [6.07, 6.45) is -1.67. The van der Waals surface area contributed by atoms with Crippen molar-refractivity contribution in [1.82, 2.24) is 4.90 Å². The van der Waals surface area contributed by atoms with Gasteiger partial charge in [-0.3, -0.25) is 9.59 Å². The lowest BCUT2D eigenvalue weighted by Crippen LogP contribution is -2.50. The number of carboxylic acids is 1. The highest BCUT2D eigenvalue weighted by molar-refractivity contribution is 5.81. The molecule has 1 aromatic rings. The van der Waals surface area contributed by atoms with Gasteiger partial charge < -0.3 is 19.5 Å². The van der Waals surface area contributed by atoms with Crippen molar-refractivity contribution in [3.8, 4) is 5.75 Å². The summed E-state index contributed by atoms with van der Waals surface area (Å²) in [7, 11) is 0. The topological polar surface area (TPSA) is 76.1 Å². The minimum Gasteiger partial charge on any atom is -0.481 e. The molecule has 6 nitrogen and oxygen atoms in total. The number of ether oxygens (including phenoxy) is 2. The van der Waals surface area contributed by atoms with Crippen LogP contribution in [0, 0.1) is 11.6 Å². The number of nitrogens with zero attached hydrogens (tertiary/aromatic N) is 1. The van der Waals surface area contributed by atoms with Gasteiger partial charge in [-0.1, -0.05) is 0 Å². The molecule has 0 saturated carbocycles. The number of rotatable bonds is 5. The average Bonchev–Trinajstić information content (AvgIpc) is 2.49. The number of aliphatic carboxylic acids is 1. The first-order chi connectivity index (χ1) is 10.9. The van der Waals surface area contributed by atoms with Crippen LogP contribution in [0.15, 0.2) is 18.2 Å². The molecule has 0 aliphatic carbocycles. The largest absolute Gasteiger partial charge is 0.481 e. The second-order valence-corrected chi connectivity index (χ2v) is 5.21. The molecule has 0 radical (unpaired) electrons. The highest BCUT2D eigenvalue weighted by atomic mass is 19.2. The fraction of sp³-hybridized carbons (Fsp3) is 0.467. The molecular formula is C15H17F2NO5. The van der Waals surface area contributed by atoms with Gasteiger partial charge in [0.15, 0.2) is 17.7 Å². The normalized spacial score (nSPS) is 19.3. The number of amides is 1. The molecule has 0 bridgehead atoms. The van der Waals surface area contributed by atoms with E-state index in [-0.39, 0.29) is 31.2 Å². The van der Waals surface area contributed by atoms with Crippen molar-refractivity contribution in [3.05, 3.63) is 29.8 Å². The van der Waals surface area contributed by atoms with Crippen molar-refractivity contribution in [2.45, 2.75) is 25.6 Å². The summed E-state index contributed by atoms with van der Waals surface area (Å²) in [5.74, 6) is -3.39. The molecular weight excluding hydrogens is 312 g/mol. The summed E-state index contributed by atoms with van der Waals surface area (Å²) >= 11 is 0. The summed E-state index contributed by atoms with van der Waals surface area (Å²) in [6.45, 7) is 2.20. The quantitative estimate of drug-likeness (QED) is 0.884. The Morgan fingerprint density at radius 3 is 2.83 bits per heavy atom. The smallest absolute Gasteiger partial charge is 0.306 e. The maximum atomic E-state index is 13.1. The van der Waals surface area contributed by atoms with E-state index < -0.39 is 29.8 Å². The van der Waals surface area contributed by atoms with Gasteiger partial charge in [-0.2, -0.15) is 0 Å². The maximum Gasteiger partial charge on any atom is 0.306 e. The molecule has 8 heteroatoms. The molecule has 2 rings (SSSR count). The van der Waals surface area contributed by atoms with E-state index in [1.807, 2.05) is 0 Å². The van der Waals surface area contributed by atoms with Gasteiger partial charge in [-0.05, 0) is 19.1 Å². The Hall–Kier alpha value is -2.22. The van der Waals surface area contributed by atoms with E-state index in [0.717, 1.165) is 12.1 Å². The van der Waals surface area contributed by atoms with Gasteiger partial charge in [0, 0.05) is 19.2 Å². The summed E-state index contributed by atoms with van der Waals surface area (Å²) in [5, 5.41) is 8.77. The Morgan fingerprint density at radius 1 is 1.43 bits per heavy atom. The molecule has 126 valence electrons. The van der Waals surface area contributed by atoms with Crippen molar-refractivity contribution in [3.63, 3.8) is 0 Å². The number of benzene rings is 1. The fourth-order valence-corrected chi connectivity index (χ4v) is 2.30. The molecule has 1 amide bonds. The lowest BCUT2D eigenvalue weighted by Gasteiger charge is -2.33. The Balaban J connectivity index is 1.95. The van der Waals surface area contributed by atoms with Gasteiger partial charge >= 0.3 is 5.97 Å². The van der Waals surface area contributed by atoms with Crippen molar-refractivity contribution in [2.75, 3.05) is 19.7 Å². The summed E-state index contributed by atoms with van der Waals surface area (Å²) < 4.78 is 36.6. The lowest BCUT2D eigenvalue weighted by atomic mass is 10.2. The first-order valence-electron chi connectivity index (χ1n) is 7.10. The van der Waals surface area contributed by atoms with Crippen LogP contribution in [0.1, 0.15) is 13.3 Å². The van der Waals surface area contributed by atoms with Gasteiger partial charge in [-0.15, -0.1) is 0 Å². The molecule has 1 heterocycles. The number of halogens is 2. The third kappa shape index (κ3) is 4.62. The number of carboxylic acid groups (broad SMARTS) is 1. The van der Waals surface area contributed by atoms with Gasteiger partial charge in [-0.25, -0.2) is 8.78 Å². The zero-order chi connectivity index (χ0) is 17.0. The van der Waals surface area contributed by atoms with Crippen LogP contribution in [0.5, 0.6) is 5.75 Å². The molecule has 1 fully saturated rings. The Bertz CT molecular complexity index is 595. The third-order valence-electron chi connectivity index (χ3n) is 3.40. The van der Waals surface area contributed by atoms with Crippen molar-refractivity contribution >= 4 is 11.9 Å². The van der Waals surface area contributed by atoms with E-state index in [1.54, 1.807) is 0 Å². The van der Waals surface area contributed by atoms with Crippen LogP contribution in [0.25, 0.3) is 0 Å². The third-order valence-corrected chi connectivity index (χ3v) is 3.40. The van der Waals surface area contributed by atoms with Crippen LogP contribution in [0.2, 0.25) is 0 Å². The van der Waals surface area contributed by atoms with Gasteiger partial charge in [0.05, 0.1) is 19.1 Å². The predicted octanol–water partition coefficient (Wildman–Crippen LogP) is 1.43. The van der Waals surface area contributed by atoms with E-state index >= 15 is 0 Å². The first kappa shape index (κ1) is 17.1. The molecule has 1 N–H and O–H groups in total. The van der Waals surface area contributed by atoms with Gasteiger partial charge in [0.25, 0.3) is 5.91 Å². The summed E-state index contributed by atoms with van der Waals surface area (Å²) in [5.41, 5.74) is 0.